The largest absolute Gasteiger partial charge is 0.399 e. The summed E-state index contributed by atoms with van der Waals surface area (Å²) in [6.07, 6.45) is 0.667. The van der Waals surface area contributed by atoms with Gasteiger partial charge in [0.15, 0.2) is 9.84 Å². The molecule has 17 heavy (non-hydrogen) atoms. The van der Waals surface area contributed by atoms with Crippen LogP contribution in [0.5, 0.6) is 0 Å². The maximum absolute atomic E-state index is 13.0. The second-order valence-corrected chi connectivity index (χ2v) is 6.65. The normalized spacial score (nSPS) is 22.5. The maximum atomic E-state index is 13.0. The van der Waals surface area contributed by atoms with E-state index in [1.165, 1.54) is 12.1 Å². The Labute approximate surface area is 99.9 Å². The Morgan fingerprint density at radius 2 is 2.18 bits per heavy atom. The number of hydrogen-bond donors (Lipinski definition) is 2. The van der Waals surface area contributed by atoms with Gasteiger partial charge in [0.1, 0.15) is 5.82 Å². The van der Waals surface area contributed by atoms with Crippen LogP contribution in [0.2, 0.25) is 0 Å². The van der Waals surface area contributed by atoms with Gasteiger partial charge in [-0.15, -0.1) is 0 Å². The first-order chi connectivity index (χ1) is 7.94. The monoisotopic (exact) mass is 258 g/mol. The van der Waals surface area contributed by atoms with Gasteiger partial charge in [0.25, 0.3) is 0 Å². The Balaban J connectivity index is 1.94. The highest BCUT2D eigenvalue weighted by Gasteiger charge is 2.27. The first kappa shape index (κ1) is 12.2. The van der Waals surface area contributed by atoms with Crippen molar-refractivity contribution in [2.75, 3.05) is 29.1 Å². The van der Waals surface area contributed by atoms with Crippen molar-refractivity contribution in [2.45, 2.75) is 6.42 Å². The highest BCUT2D eigenvalue weighted by atomic mass is 32.2. The van der Waals surface area contributed by atoms with Crippen molar-refractivity contribution < 1.29 is 12.8 Å². The molecule has 1 aliphatic rings. The third-order valence-corrected chi connectivity index (χ3v) is 4.68. The average molecular weight is 258 g/mol. The summed E-state index contributed by atoms with van der Waals surface area (Å²) in [4.78, 5) is 0. The lowest BCUT2D eigenvalue weighted by atomic mass is 10.1. The fourth-order valence-electron chi connectivity index (χ4n) is 2.01. The summed E-state index contributed by atoms with van der Waals surface area (Å²) < 4.78 is 35.5. The molecule has 1 heterocycles. The summed E-state index contributed by atoms with van der Waals surface area (Å²) in [5.41, 5.74) is 6.45. The van der Waals surface area contributed by atoms with Crippen LogP contribution in [0.1, 0.15) is 6.42 Å². The Morgan fingerprint density at radius 3 is 2.76 bits per heavy atom. The van der Waals surface area contributed by atoms with Gasteiger partial charge in [-0.05, 0) is 30.5 Å². The highest BCUT2D eigenvalue weighted by molar-refractivity contribution is 7.91. The molecule has 0 saturated carbocycles. The highest BCUT2D eigenvalue weighted by Crippen LogP contribution is 2.20. The molecule has 94 valence electrons. The van der Waals surface area contributed by atoms with Crippen molar-refractivity contribution >= 4 is 21.2 Å². The molecule has 1 aliphatic heterocycles. The Bertz CT molecular complexity index is 496. The van der Waals surface area contributed by atoms with Crippen molar-refractivity contribution in [2.24, 2.45) is 5.92 Å². The molecule has 1 unspecified atom stereocenters. The minimum Gasteiger partial charge on any atom is -0.399 e. The van der Waals surface area contributed by atoms with Crippen molar-refractivity contribution in [1.29, 1.82) is 0 Å². The second kappa shape index (κ2) is 4.52. The fourth-order valence-corrected chi connectivity index (χ4v) is 3.87. The molecular formula is C11H15FN2O2S. The van der Waals surface area contributed by atoms with E-state index in [0.717, 1.165) is 0 Å². The lowest BCUT2D eigenvalue weighted by Crippen LogP contribution is -2.15. The molecule has 1 atom stereocenters. The van der Waals surface area contributed by atoms with Gasteiger partial charge < -0.3 is 11.1 Å². The lowest BCUT2D eigenvalue weighted by molar-refractivity contribution is 0.595. The molecule has 1 aromatic carbocycles. The molecule has 6 heteroatoms. The zero-order valence-corrected chi connectivity index (χ0v) is 10.1. The van der Waals surface area contributed by atoms with Crippen LogP contribution < -0.4 is 11.1 Å². The first-order valence-electron chi connectivity index (χ1n) is 5.45. The van der Waals surface area contributed by atoms with Gasteiger partial charge in [-0.2, -0.15) is 0 Å². The van der Waals surface area contributed by atoms with Gasteiger partial charge >= 0.3 is 0 Å². The predicted octanol–water partition coefficient (Wildman–Crippen LogP) is 1.25. The van der Waals surface area contributed by atoms with Crippen LogP contribution in [-0.2, 0) is 9.84 Å². The summed E-state index contributed by atoms with van der Waals surface area (Å²) in [5.74, 6) is 0.172. The van der Waals surface area contributed by atoms with Gasteiger partial charge in [0.2, 0.25) is 0 Å². The quantitative estimate of drug-likeness (QED) is 0.800. The molecule has 0 radical (unpaired) electrons. The zero-order chi connectivity index (χ0) is 12.5. The smallest absolute Gasteiger partial charge is 0.150 e. The molecule has 1 saturated heterocycles. The molecule has 0 spiro atoms. The minimum atomic E-state index is -2.85. The minimum absolute atomic E-state index is 0.101. The van der Waals surface area contributed by atoms with E-state index in [2.05, 4.69) is 5.32 Å². The van der Waals surface area contributed by atoms with Crippen LogP contribution in [0.25, 0.3) is 0 Å². The topological polar surface area (TPSA) is 72.2 Å². The van der Waals surface area contributed by atoms with E-state index in [1.54, 1.807) is 6.07 Å². The van der Waals surface area contributed by atoms with Crippen LogP contribution >= 0.6 is 0 Å². The molecule has 0 amide bonds. The van der Waals surface area contributed by atoms with Crippen molar-refractivity contribution in [3.8, 4) is 0 Å². The van der Waals surface area contributed by atoms with E-state index in [0.29, 0.717) is 24.3 Å². The van der Waals surface area contributed by atoms with Crippen molar-refractivity contribution in [1.82, 2.24) is 0 Å². The van der Waals surface area contributed by atoms with Crippen LogP contribution in [-0.4, -0.2) is 26.5 Å². The number of anilines is 2. The number of nitrogens with one attached hydrogen (secondary N) is 1. The molecular weight excluding hydrogens is 243 g/mol. The van der Waals surface area contributed by atoms with Crippen LogP contribution in [0, 0.1) is 11.7 Å². The molecule has 3 N–H and O–H groups in total. The first-order valence-corrected chi connectivity index (χ1v) is 7.27. The van der Waals surface area contributed by atoms with E-state index in [4.69, 9.17) is 5.73 Å². The van der Waals surface area contributed by atoms with E-state index in [9.17, 15) is 12.8 Å². The third-order valence-electron chi connectivity index (χ3n) is 2.84. The number of nitrogens with two attached hydrogens (primary N) is 1. The van der Waals surface area contributed by atoms with E-state index in [1.807, 2.05) is 0 Å². The summed E-state index contributed by atoms with van der Waals surface area (Å²) >= 11 is 0. The average Bonchev–Trinajstić information content (AvgIpc) is 2.54. The Morgan fingerprint density at radius 1 is 1.41 bits per heavy atom. The number of sulfone groups is 1. The zero-order valence-electron chi connectivity index (χ0n) is 9.32. The summed E-state index contributed by atoms with van der Waals surface area (Å²) in [6, 6.07) is 4.22. The van der Waals surface area contributed by atoms with E-state index < -0.39 is 15.7 Å². The van der Waals surface area contributed by atoms with E-state index in [-0.39, 0.29) is 17.4 Å². The van der Waals surface area contributed by atoms with Gasteiger partial charge in [0, 0.05) is 17.9 Å². The molecule has 4 nitrogen and oxygen atoms in total. The number of halogens is 1. The van der Waals surface area contributed by atoms with Crippen LogP contribution in [0.4, 0.5) is 15.8 Å². The standard InChI is InChI=1S/C11H15FN2O2S/c12-9-3-10(13)5-11(4-9)14-6-8-1-2-17(15,16)7-8/h3-5,8,14H,1-2,6-7,13H2. The van der Waals surface area contributed by atoms with Crippen molar-refractivity contribution in [3.63, 3.8) is 0 Å². The van der Waals surface area contributed by atoms with E-state index >= 15 is 0 Å². The number of hydrogen-bond acceptors (Lipinski definition) is 4. The predicted molar refractivity (Wildman–Crippen MR) is 66.1 cm³/mol. The van der Waals surface area contributed by atoms with Crippen LogP contribution in [0.15, 0.2) is 18.2 Å². The number of nitrogen functional groups attached to an aromatic ring is 1. The third kappa shape index (κ3) is 3.33. The molecule has 0 aromatic heterocycles. The van der Waals surface area contributed by atoms with Gasteiger partial charge in [-0.3, -0.25) is 0 Å². The molecule has 0 bridgehead atoms. The summed E-state index contributed by atoms with van der Waals surface area (Å²) in [5, 5.41) is 3.02. The second-order valence-electron chi connectivity index (χ2n) is 4.42. The molecule has 0 aliphatic carbocycles. The summed E-state index contributed by atoms with van der Waals surface area (Å²) in [7, 11) is -2.85. The van der Waals surface area contributed by atoms with Crippen LogP contribution in [0.3, 0.4) is 0 Å². The summed E-state index contributed by atoms with van der Waals surface area (Å²) in [6.45, 7) is 0.530. The Hall–Kier alpha value is -1.30. The van der Waals surface area contributed by atoms with Crippen molar-refractivity contribution in [3.05, 3.63) is 24.0 Å². The van der Waals surface area contributed by atoms with Gasteiger partial charge in [-0.1, -0.05) is 0 Å². The lowest BCUT2D eigenvalue weighted by Gasteiger charge is -2.11. The van der Waals surface area contributed by atoms with Gasteiger partial charge in [-0.25, -0.2) is 12.8 Å². The number of rotatable bonds is 3. The SMILES string of the molecule is Nc1cc(F)cc(NCC2CCS(=O)(=O)C2)c1. The number of benzene rings is 1. The molecule has 2 rings (SSSR count). The fraction of sp³-hybridized carbons (Fsp3) is 0.455. The maximum Gasteiger partial charge on any atom is 0.150 e. The molecule has 1 aromatic rings. The molecule has 1 fully saturated rings. The van der Waals surface area contributed by atoms with Gasteiger partial charge in [0.05, 0.1) is 11.5 Å². The Kier molecular flexibility index (Phi) is 3.24.